The van der Waals surface area contributed by atoms with Gasteiger partial charge in [-0.05, 0) is 18.6 Å². The third-order valence-corrected chi connectivity index (χ3v) is 5.49. The van der Waals surface area contributed by atoms with Gasteiger partial charge in [-0.25, -0.2) is 18.4 Å². The van der Waals surface area contributed by atoms with E-state index < -0.39 is 10.0 Å². The zero-order valence-electron chi connectivity index (χ0n) is 9.32. The molecule has 0 aromatic carbocycles. The van der Waals surface area contributed by atoms with E-state index in [0.29, 0.717) is 5.56 Å². The molecule has 19 heavy (non-hydrogen) atoms. The molecule has 0 bridgehead atoms. The van der Waals surface area contributed by atoms with Gasteiger partial charge < -0.3 is 0 Å². The predicted molar refractivity (Wildman–Crippen MR) is 76.9 cm³/mol. The average Bonchev–Trinajstić information content (AvgIpc) is 2.71. The maximum absolute atomic E-state index is 12.1. The van der Waals surface area contributed by atoms with Crippen LogP contribution in [0.1, 0.15) is 5.56 Å². The van der Waals surface area contributed by atoms with E-state index in [9.17, 15) is 8.42 Å². The molecular weight excluding hydrogens is 353 g/mol. The van der Waals surface area contributed by atoms with Crippen molar-refractivity contribution in [2.75, 3.05) is 4.72 Å². The van der Waals surface area contributed by atoms with Gasteiger partial charge in [-0.1, -0.05) is 46.1 Å². The molecule has 0 atom stereocenters. The van der Waals surface area contributed by atoms with Gasteiger partial charge in [-0.2, -0.15) is 0 Å². The van der Waals surface area contributed by atoms with Gasteiger partial charge in [0.05, 0.1) is 11.9 Å². The van der Waals surface area contributed by atoms with E-state index >= 15 is 0 Å². The molecule has 102 valence electrons. The highest BCUT2D eigenvalue weighted by molar-refractivity contribution is 7.94. The molecule has 0 aliphatic rings. The first kappa shape index (κ1) is 14.8. The van der Waals surface area contributed by atoms with Gasteiger partial charge in [0.1, 0.15) is 5.15 Å². The van der Waals surface area contributed by atoms with E-state index in [1.165, 1.54) is 12.3 Å². The van der Waals surface area contributed by atoms with Crippen LogP contribution in [0.4, 0.5) is 5.69 Å². The summed E-state index contributed by atoms with van der Waals surface area (Å²) in [4.78, 5) is 7.46. The van der Waals surface area contributed by atoms with Crippen molar-refractivity contribution in [2.45, 2.75) is 11.1 Å². The summed E-state index contributed by atoms with van der Waals surface area (Å²) in [5.74, 6) is 0. The van der Waals surface area contributed by atoms with Crippen LogP contribution in [-0.4, -0.2) is 18.4 Å². The molecule has 1 N–H and O–H groups in total. The number of pyridine rings is 1. The molecule has 0 fully saturated rings. The van der Waals surface area contributed by atoms with E-state index in [4.69, 9.17) is 34.8 Å². The second-order valence-corrected chi connectivity index (χ2v) is 7.73. The zero-order valence-corrected chi connectivity index (χ0v) is 13.2. The number of anilines is 1. The van der Waals surface area contributed by atoms with E-state index in [1.807, 2.05) is 0 Å². The Morgan fingerprint density at radius 2 is 2.00 bits per heavy atom. The van der Waals surface area contributed by atoms with E-state index in [2.05, 4.69) is 14.7 Å². The highest BCUT2D eigenvalue weighted by Crippen LogP contribution is 2.30. The number of sulfonamides is 1. The Bertz CT molecular complexity index is 707. The van der Waals surface area contributed by atoms with Crippen molar-refractivity contribution in [1.82, 2.24) is 9.97 Å². The van der Waals surface area contributed by atoms with Crippen LogP contribution in [0.15, 0.2) is 16.5 Å². The van der Waals surface area contributed by atoms with Crippen LogP contribution < -0.4 is 4.72 Å². The second-order valence-electron chi connectivity index (χ2n) is 3.47. The molecule has 0 amide bonds. The lowest BCUT2D eigenvalue weighted by Crippen LogP contribution is -2.13. The number of hydrogen-bond acceptors (Lipinski definition) is 5. The standard InChI is InChI=1S/C9H6Cl3N3O2S2/c1-4-2-5(10)14-8(11)7(4)15-19(16,17)6-3-13-9(12)18-6/h2-3,15H,1H3. The Hall–Kier alpha value is -0.600. The molecule has 0 saturated heterocycles. The summed E-state index contributed by atoms with van der Waals surface area (Å²) in [7, 11) is -3.80. The second kappa shape index (κ2) is 5.41. The Balaban J connectivity index is 2.41. The van der Waals surface area contributed by atoms with E-state index in [-0.39, 0.29) is 24.7 Å². The van der Waals surface area contributed by atoms with Gasteiger partial charge in [0.2, 0.25) is 0 Å². The molecule has 0 spiro atoms. The van der Waals surface area contributed by atoms with Gasteiger partial charge in [0, 0.05) is 0 Å². The summed E-state index contributed by atoms with van der Waals surface area (Å²) in [6, 6.07) is 1.50. The average molecular weight is 359 g/mol. The van der Waals surface area contributed by atoms with Crippen molar-refractivity contribution in [3.63, 3.8) is 0 Å². The Morgan fingerprint density at radius 3 is 2.53 bits per heavy atom. The fourth-order valence-corrected chi connectivity index (χ4v) is 4.33. The fraction of sp³-hybridized carbons (Fsp3) is 0.111. The van der Waals surface area contributed by atoms with Crippen LogP contribution in [0.3, 0.4) is 0 Å². The number of nitrogens with zero attached hydrogens (tertiary/aromatic N) is 2. The van der Waals surface area contributed by atoms with Crippen molar-refractivity contribution in [3.8, 4) is 0 Å². The lowest BCUT2D eigenvalue weighted by atomic mass is 10.3. The molecule has 2 aromatic heterocycles. The monoisotopic (exact) mass is 357 g/mol. The molecule has 2 heterocycles. The van der Waals surface area contributed by atoms with Crippen molar-refractivity contribution >= 4 is 61.9 Å². The smallest absolute Gasteiger partial charge is 0.273 e. The van der Waals surface area contributed by atoms with Crippen molar-refractivity contribution in [3.05, 3.63) is 32.6 Å². The largest absolute Gasteiger partial charge is 0.276 e. The number of aromatic nitrogens is 2. The number of hydrogen-bond donors (Lipinski definition) is 1. The molecule has 0 saturated carbocycles. The van der Waals surface area contributed by atoms with Gasteiger partial charge in [-0.3, -0.25) is 4.72 Å². The number of halogens is 3. The molecule has 0 radical (unpaired) electrons. The minimum atomic E-state index is -3.80. The maximum Gasteiger partial charge on any atom is 0.273 e. The van der Waals surface area contributed by atoms with E-state index in [0.717, 1.165) is 11.3 Å². The van der Waals surface area contributed by atoms with Gasteiger partial charge in [-0.15, -0.1) is 0 Å². The summed E-state index contributed by atoms with van der Waals surface area (Å²) >= 11 is 18.0. The van der Waals surface area contributed by atoms with Crippen molar-refractivity contribution in [2.24, 2.45) is 0 Å². The van der Waals surface area contributed by atoms with Crippen LogP contribution >= 0.6 is 46.1 Å². The Kier molecular flexibility index (Phi) is 4.22. The fourth-order valence-electron chi connectivity index (χ4n) is 1.27. The number of rotatable bonds is 3. The molecular formula is C9H6Cl3N3O2S2. The first-order valence-corrected chi connectivity index (χ1v) is 8.20. The molecule has 5 nitrogen and oxygen atoms in total. The quantitative estimate of drug-likeness (QED) is 0.851. The number of thiazole rings is 1. The highest BCUT2D eigenvalue weighted by atomic mass is 35.5. The molecule has 0 aliphatic heterocycles. The number of aryl methyl sites for hydroxylation is 1. The number of nitrogens with one attached hydrogen (secondary N) is 1. The highest BCUT2D eigenvalue weighted by Gasteiger charge is 2.20. The predicted octanol–water partition coefficient (Wildman–Crippen LogP) is 3.61. The van der Waals surface area contributed by atoms with Gasteiger partial charge in [0.25, 0.3) is 10.0 Å². The molecule has 2 aromatic rings. The first-order chi connectivity index (χ1) is 8.79. The van der Waals surface area contributed by atoms with Crippen LogP contribution in [0.25, 0.3) is 0 Å². The SMILES string of the molecule is Cc1cc(Cl)nc(Cl)c1NS(=O)(=O)c1cnc(Cl)s1. The summed E-state index contributed by atoms with van der Waals surface area (Å²) < 4.78 is 26.6. The van der Waals surface area contributed by atoms with Crippen LogP contribution in [0, 0.1) is 6.92 Å². The summed E-state index contributed by atoms with van der Waals surface area (Å²) in [5, 5.41) is 0.162. The minimum absolute atomic E-state index is 0.0112. The van der Waals surface area contributed by atoms with Crippen LogP contribution in [0.5, 0.6) is 0 Å². The lowest BCUT2D eigenvalue weighted by Gasteiger charge is -2.10. The van der Waals surface area contributed by atoms with Gasteiger partial charge >= 0.3 is 0 Å². The molecule has 0 aliphatic carbocycles. The normalized spacial score (nSPS) is 11.6. The van der Waals surface area contributed by atoms with Crippen molar-refractivity contribution < 1.29 is 8.42 Å². The third-order valence-electron chi connectivity index (χ3n) is 2.10. The Labute approximate surface area is 128 Å². The maximum atomic E-state index is 12.1. The molecule has 0 unspecified atom stereocenters. The summed E-state index contributed by atoms with van der Waals surface area (Å²) in [6.07, 6.45) is 1.17. The zero-order chi connectivity index (χ0) is 14.2. The minimum Gasteiger partial charge on any atom is -0.276 e. The summed E-state index contributed by atoms with van der Waals surface area (Å²) in [5.41, 5.74) is 0.736. The Morgan fingerprint density at radius 1 is 1.32 bits per heavy atom. The van der Waals surface area contributed by atoms with Crippen molar-refractivity contribution in [1.29, 1.82) is 0 Å². The topological polar surface area (TPSA) is 72.0 Å². The molecule has 2 rings (SSSR count). The summed E-state index contributed by atoms with van der Waals surface area (Å²) in [6.45, 7) is 1.66. The third kappa shape index (κ3) is 3.29. The van der Waals surface area contributed by atoms with Gasteiger partial charge in [0.15, 0.2) is 13.8 Å². The molecule has 10 heteroatoms. The van der Waals surface area contributed by atoms with Crippen LogP contribution in [-0.2, 0) is 10.0 Å². The van der Waals surface area contributed by atoms with E-state index in [1.54, 1.807) is 6.92 Å². The lowest BCUT2D eigenvalue weighted by molar-refractivity contribution is 0.603. The first-order valence-electron chi connectivity index (χ1n) is 4.76. The van der Waals surface area contributed by atoms with Crippen LogP contribution in [0.2, 0.25) is 14.8 Å².